The van der Waals surface area contributed by atoms with Gasteiger partial charge in [0.2, 0.25) is 0 Å². The minimum atomic E-state index is -2.75. The number of halogens is 2. The van der Waals surface area contributed by atoms with E-state index in [1.165, 1.54) is 15.9 Å². The number of rotatable bonds is 3. The van der Waals surface area contributed by atoms with Gasteiger partial charge in [0, 0.05) is 17.6 Å². The van der Waals surface area contributed by atoms with Crippen molar-refractivity contribution >= 4 is 68.5 Å². The molecular weight excluding hydrogens is 480 g/mol. The van der Waals surface area contributed by atoms with Gasteiger partial charge >= 0.3 is 142 Å². The van der Waals surface area contributed by atoms with Crippen LogP contribution in [0.15, 0.2) is 91.0 Å². The van der Waals surface area contributed by atoms with Gasteiger partial charge in [0.15, 0.2) is 0 Å². The van der Waals surface area contributed by atoms with Gasteiger partial charge in [-0.2, -0.15) is 0 Å². The quantitative estimate of drug-likeness (QED) is 0.364. The van der Waals surface area contributed by atoms with Gasteiger partial charge in [0.25, 0.3) is 0 Å². The predicted octanol–water partition coefficient (Wildman–Crippen LogP) is 4.76. The molecule has 22 heavy (non-hydrogen) atoms. The molecule has 0 aliphatic heterocycles. The van der Waals surface area contributed by atoms with Gasteiger partial charge in [-0.25, -0.2) is 0 Å². The molecule has 0 aromatic heterocycles. The predicted molar refractivity (Wildman–Crippen MR) is 109 cm³/mol. The molecule has 0 bridgehead atoms. The Bertz CT molecular complexity index is 627. The minimum Gasteiger partial charge on any atom is 0 e. The van der Waals surface area contributed by atoms with E-state index in [4.69, 9.17) is 0 Å². The zero-order chi connectivity index (χ0) is 14.8. The Labute approximate surface area is 158 Å². The largest absolute Gasteiger partial charge is 0 e. The third-order valence-electron chi connectivity index (χ3n) is 3.63. The minimum absolute atomic E-state index is 0. The summed E-state index contributed by atoms with van der Waals surface area (Å²) >= 11 is 8.32. The molecule has 0 amide bonds. The Morgan fingerprint density at radius 3 is 0.909 bits per heavy atom. The molecule has 0 fully saturated rings. The first-order chi connectivity index (χ1) is 10.1. The zero-order valence-corrected chi connectivity index (χ0v) is 18.0. The van der Waals surface area contributed by atoms with E-state index in [9.17, 15) is 0 Å². The third-order valence-corrected chi connectivity index (χ3v) is 14.6. The maximum absolute atomic E-state index is 4.16. The summed E-state index contributed by atoms with van der Waals surface area (Å²) in [6.45, 7) is 0. The monoisotopic (exact) mass is 494 g/mol. The average Bonchev–Trinajstić information content (AvgIpc) is 2.57. The molecule has 0 unspecified atom stereocenters. The molecule has 4 heteroatoms. The number of benzene rings is 3. The molecule has 0 aliphatic carbocycles. The van der Waals surface area contributed by atoms with Gasteiger partial charge in [0.05, 0.1) is 0 Å². The van der Waals surface area contributed by atoms with Crippen molar-refractivity contribution in [2.24, 2.45) is 0 Å². The van der Waals surface area contributed by atoms with Crippen LogP contribution < -0.4 is 15.9 Å². The molecule has 0 heterocycles. The van der Waals surface area contributed by atoms with E-state index in [2.05, 4.69) is 122 Å². The number of hydrogen-bond donors (Lipinski definition) is 0. The first kappa shape index (κ1) is 17.9. The van der Waals surface area contributed by atoms with Crippen molar-refractivity contribution in [1.29, 1.82) is 0 Å². The van der Waals surface area contributed by atoms with Crippen molar-refractivity contribution in [2.45, 2.75) is 0 Å². The maximum Gasteiger partial charge on any atom is 0 e. The average molecular weight is 495 g/mol. The first-order valence-corrected chi connectivity index (χ1v) is 13.0. The van der Waals surface area contributed by atoms with Crippen LogP contribution in [0.1, 0.15) is 0 Å². The summed E-state index contributed by atoms with van der Waals surface area (Å²) in [6.07, 6.45) is 0. The van der Waals surface area contributed by atoms with E-state index < -0.39 is 4.01 Å². The Morgan fingerprint density at radius 1 is 0.455 bits per heavy atom. The Morgan fingerprint density at radius 2 is 0.682 bits per heavy atom. The van der Waals surface area contributed by atoms with Crippen molar-refractivity contribution in [3.8, 4) is 0 Å². The van der Waals surface area contributed by atoms with Gasteiger partial charge in [-0.3, -0.25) is 0 Å². The van der Waals surface area contributed by atoms with E-state index >= 15 is 0 Å². The fourth-order valence-corrected chi connectivity index (χ4v) is 9.75. The summed E-state index contributed by atoms with van der Waals surface area (Å²) in [5, 5.41) is 3.79. The van der Waals surface area contributed by atoms with Crippen LogP contribution in [0.5, 0.6) is 0 Å². The Kier molecular flexibility index (Phi) is 5.71. The van der Waals surface area contributed by atoms with Gasteiger partial charge < -0.3 is 0 Å². The summed E-state index contributed by atoms with van der Waals surface area (Å²) in [5.41, 5.74) is 0. The Balaban J connectivity index is 0.00000176. The van der Waals surface area contributed by atoms with Crippen LogP contribution in [0.2, 0.25) is 0 Å². The van der Waals surface area contributed by atoms with Crippen LogP contribution in [-0.2, 0) is 0 Å². The zero-order valence-electron chi connectivity index (χ0n) is 11.9. The van der Waals surface area contributed by atoms with Crippen LogP contribution >= 0.6 is 35.0 Å². The summed E-state index contributed by atoms with van der Waals surface area (Å²) < 4.78 is -2.75. The van der Waals surface area contributed by atoms with Gasteiger partial charge in [0.1, 0.15) is 0 Å². The van der Waals surface area contributed by atoms with E-state index in [0.29, 0.717) is 0 Å². The Hall–Kier alpha value is -0.407. The van der Waals surface area contributed by atoms with Gasteiger partial charge in [-0.05, 0) is 0 Å². The molecule has 0 saturated heterocycles. The SMILES string of the molecule is BrP(Br)(c1ccccc1)(c1ccccc1)c1ccccc1.[Ge]. The molecule has 3 aromatic rings. The third kappa shape index (κ3) is 2.99. The molecule has 0 atom stereocenters. The molecule has 110 valence electrons. The van der Waals surface area contributed by atoms with Crippen molar-refractivity contribution in [2.75, 3.05) is 0 Å². The van der Waals surface area contributed by atoms with Gasteiger partial charge in [-0.15, -0.1) is 0 Å². The van der Waals surface area contributed by atoms with E-state index in [1.54, 1.807) is 0 Å². The van der Waals surface area contributed by atoms with Crippen molar-refractivity contribution < 1.29 is 0 Å². The molecule has 3 aromatic carbocycles. The number of hydrogen-bond acceptors (Lipinski definition) is 0. The van der Waals surface area contributed by atoms with E-state index in [1.807, 2.05) is 0 Å². The molecule has 3 rings (SSSR count). The molecule has 4 radical (unpaired) electrons. The van der Waals surface area contributed by atoms with Crippen LogP contribution in [-0.4, -0.2) is 17.6 Å². The first-order valence-electron chi connectivity index (χ1n) is 6.74. The van der Waals surface area contributed by atoms with Crippen molar-refractivity contribution in [3.05, 3.63) is 91.0 Å². The normalized spacial score (nSPS) is 12.7. The van der Waals surface area contributed by atoms with Crippen LogP contribution in [0.3, 0.4) is 0 Å². The van der Waals surface area contributed by atoms with E-state index in [0.717, 1.165) is 0 Å². The molecule has 0 spiro atoms. The van der Waals surface area contributed by atoms with Crippen molar-refractivity contribution in [3.63, 3.8) is 0 Å². The second kappa shape index (κ2) is 7.01. The standard InChI is InChI=1S/C18H15Br2P.Ge/c19-21(20,16-10-4-1-5-11-16,17-12-6-2-7-13-17)18-14-8-3-9-15-18;/h1-15H;. The van der Waals surface area contributed by atoms with Gasteiger partial charge in [-0.1, -0.05) is 0 Å². The topological polar surface area (TPSA) is 0 Å². The fraction of sp³-hybridized carbons (Fsp3) is 0. The summed E-state index contributed by atoms with van der Waals surface area (Å²) in [6, 6.07) is 31.8. The fourth-order valence-electron chi connectivity index (χ4n) is 2.52. The second-order valence-electron chi connectivity index (χ2n) is 4.91. The molecular formula is C18H15Br2GeP. The van der Waals surface area contributed by atoms with Crippen molar-refractivity contribution in [1.82, 2.24) is 0 Å². The maximum atomic E-state index is 4.16. The second-order valence-corrected chi connectivity index (χ2v) is 19.6. The summed E-state index contributed by atoms with van der Waals surface area (Å²) in [7, 11) is 0. The molecule has 0 aliphatic rings. The smallest absolute Gasteiger partial charge is 0 e. The molecule has 0 nitrogen and oxygen atoms in total. The van der Waals surface area contributed by atoms with Crippen LogP contribution in [0.25, 0.3) is 0 Å². The summed E-state index contributed by atoms with van der Waals surface area (Å²) in [5.74, 6) is 0. The molecule has 0 N–H and O–H groups in total. The molecule has 0 saturated carbocycles. The van der Waals surface area contributed by atoms with E-state index in [-0.39, 0.29) is 17.6 Å². The van der Waals surface area contributed by atoms with Crippen LogP contribution in [0, 0.1) is 0 Å². The summed E-state index contributed by atoms with van der Waals surface area (Å²) in [4.78, 5) is 0. The van der Waals surface area contributed by atoms with Crippen LogP contribution in [0.4, 0.5) is 0 Å².